The molecule has 2 heterocycles. The summed E-state index contributed by atoms with van der Waals surface area (Å²) in [5.74, 6) is 0.732. The number of piperazine rings is 1. The van der Waals surface area contributed by atoms with E-state index in [2.05, 4.69) is 40.5 Å². The van der Waals surface area contributed by atoms with Gasteiger partial charge in [-0.2, -0.15) is 0 Å². The quantitative estimate of drug-likeness (QED) is 0.817. The number of nitrogens with zero attached hydrogens (tertiary/aromatic N) is 4. The molecule has 0 radical (unpaired) electrons. The lowest BCUT2D eigenvalue weighted by molar-refractivity contribution is 0.157. The second-order valence-electron chi connectivity index (χ2n) is 4.92. The molecule has 1 aromatic rings. The van der Waals surface area contributed by atoms with Gasteiger partial charge in [0.1, 0.15) is 0 Å². The molecule has 2 N–H and O–H groups in total. The molecule has 94 valence electrons. The van der Waals surface area contributed by atoms with Crippen molar-refractivity contribution in [2.45, 2.75) is 39.0 Å². The van der Waals surface area contributed by atoms with Gasteiger partial charge in [-0.1, -0.05) is 0 Å². The summed E-state index contributed by atoms with van der Waals surface area (Å²) in [6.07, 6.45) is 3.48. The van der Waals surface area contributed by atoms with Crippen molar-refractivity contribution in [1.29, 1.82) is 0 Å². The third kappa shape index (κ3) is 2.56. The Balaban J connectivity index is 2.15. The fourth-order valence-electron chi connectivity index (χ4n) is 2.35. The number of anilines is 1. The lowest BCUT2D eigenvalue weighted by atomic mass is 10.1. The average Bonchev–Trinajstić information content (AvgIpc) is 2.29. The molecule has 17 heavy (non-hydrogen) atoms. The van der Waals surface area contributed by atoms with Crippen LogP contribution < -0.4 is 10.6 Å². The van der Waals surface area contributed by atoms with E-state index in [1.807, 2.05) is 6.07 Å². The highest BCUT2D eigenvalue weighted by Crippen LogP contribution is 2.19. The normalized spacial score (nSPS) is 26.5. The molecule has 1 saturated heterocycles. The van der Waals surface area contributed by atoms with Crippen molar-refractivity contribution in [1.82, 2.24) is 14.9 Å². The van der Waals surface area contributed by atoms with Gasteiger partial charge in [0, 0.05) is 37.6 Å². The minimum absolute atomic E-state index is 0.0384. The van der Waals surface area contributed by atoms with Gasteiger partial charge in [0.05, 0.1) is 6.17 Å². The Morgan fingerprint density at radius 2 is 1.94 bits per heavy atom. The highest BCUT2D eigenvalue weighted by Gasteiger charge is 2.32. The van der Waals surface area contributed by atoms with Crippen LogP contribution in [0.15, 0.2) is 18.5 Å². The predicted octanol–water partition coefficient (Wildman–Crippen LogP) is 0.680. The first-order valence-corrected chi connectivity index (χ1v) is 6.14. The predicted molar refractivity (Wildman–Crippen MR) is 68.7 cm³/mol. The van der Waals surface area contributed by atoms with Gasteiger partial charge >= 0.3 is 0 Å². The lowest BCUT2D eigenvalue weighted by Gasteiger charge is -2.45. The van der Waals surface area contributed by atoms with E-state index < -0.39 is 0 Å². The third-order valence-corrected chi connectivity index (χ3v) is 3.27. The summed E-state index contributed by atoms with van der Waals surface area (Å²) < 4.78 is 0. The topological polar surface area (TPSA) is 58.3 Å². The lowest BCUT2D eigenvalue weighted by Crippen LogP contribution is -2.63. The molecule has 1 aliphatic rings. The first-order valence-electron chi connectivity index (χ1n) is 6.14. The Morgan fingerprint density at radius 3 is 2.47 bits per heavy atom. The Labute approximate surface area is 103 Å². The molecule has 1 aliphatic heterocycles. The third-order valence-electron chi connectivity index (χ3n) is 3.27. The van der Waals surface area contributed by atoms with Gasteiger partial charge in [-0.25, -0.2) is 9.97 Å². The molecule has 1 fully saturated rings. The Kier molecular flexibility index (Phi) is 3.59. The summed E-state index contributed by atoms with van der Waals surface area (Å²) >= 11 is 0. The van der Waals surface area contributed by atoms with E-state index in [1.165, 1.54) is 0 Å². The zero-order valence-electron chi connectivity index (χ0n) is 10.7. The van der Waals surface area contributed by atoms with E-state index in [4.69, 9.17) is 5.73 Å². The van der Waals surface area contributed by atoms with Gasteiger partial charge in [-0.15, -0.1) is 0 Å². The summed E-state index contributed by atoms with van der Waals surface area (Å²) in [5.41, 5.74) is 6.23. The summed E-state index contributed by atoms with van der Waals surface area (Å²) in [6, 6.07) is 2.69. The molecule has 0 aliphatic carbocycles. The van der Waals surface area contributed by atoms with Gasteiger partial charge in [-0.3, -0.25) is 4.90 Å². The molecule has 5 heteroatoms. The van der Waals surface area contributed by atoms with Crippen LogP contribution >= 0.6 is 0 Å². The first kappa shape index (κ1) is 12.3. The number of aromatic nitrogens is 2. The van der Waals surface area contributed by atoms with E-state index >= 15 is 0 Å². The molecule has 2 rings (SSSR count). The van der Waals surface area contributed by atoms with E-state index in [0.29, 0.717) is 12.1 Å². The van der Waals surface area contributed by atoms with Gasteiger partial charge in [0.25, 0.3) is 0 Å². The summed E-state index contributed by atoms with van der Waals surface area (Å²) in [6.45, 7) is 8.44. The van der Waals surface area contributed by atoms with Crippen LogP contribution in [-0.2, 0) is 0 Å². The maximum absolute atomic E-state index is 6.23. The molecule has 5 nitrogen and oxygen atoms in total. The molecule has 1 aromatic heterocycles. The average molecular weight is 235 g/mol. The molecule has 0 spiro atoms. The van der Waals surface area contributed by atoms with Crippen LogP contribution in [0.2, 0.25) is 0 Å². The zero-order chi connectivity index (χ0) is 12.4. The molecular weight excluding hydrogens is 214 g/mol. The molecule has 0 aromatic carbocycles. The van der Waals surface area contributed by atoms with Crippen LogP contribution in [-0.4, -0.2) is 46.2 Å². The van der Waals surface area contributed by atoms with E-state index in [9.17, 15) is 0 Å². The summed E-state index contributed by atoms with van der Waals surface area (Å²) in [4.78, 5) is 13.1. The Hall–Kier alpha value is -1.20. The smallest absolute Gasteiger partial charge is 0.226 e. The monoisotopic (exact) mass is 235 g/mol. The van der Waals surface area contributed by atoms with Crippen LogP contribution in [0, 0.1) is 0 Å². The van der Waals surface area contributed by atoms with Crippen molar-refractivity contribution in [3.8, 4) is 0 Å². The second kappa shape index (κ2) is 4.98. The molecule has 2 unspecified atom stereocenters. The Morgan fingerprint density at radius 1 is 1.29 bits per heavy atom. The first-order chi connectivity index (χ1) is 8.09. The van der Waals surface area contributed by atoms with Crippen molar-refractivity contribution in [3.63, 3.8) is 0 Å². The van der Waals surface area contributed by atoms with E-state index in [-0.39, 0.29) is 6.17 Å². The van der Waals surface area contributed by atoms with Crippen LogP contribution in [0.5, 0.6) is 0 Å². The molecule has 0 amide bonds. The molecule has 2 atom stereocenters. The maximum atomic E-state index is 6.23. The minimum Gasteiger partial charge on any atom is -0.320 e. The molecule has 0 saturated carbocycles. The zero-order valence-corrected chi connectivity index (χ0v) is 10.7. The summed E-state index contributed by atoms with van der Waals surface area (Å²) in [7, 11) is 0. The fourth-order valence-corrected chi connectivity index (χ4v) is 2.35. The van der Waals surface area contributed by atoms with Crippen LogP contribution in [0.25, 0.3) is 0 Å². The largest absolute Gasteiger partial charge is 0.320 e. The number of nitrogens with two attached hydrogens (primary N) is 1. The molecular formula is C12H21N5. The highest BCUT2D eigenvalue weighted by atomic mass is 15.4. The number of hydrogen-bond acceptors (Lipinski definition) is 5. The highest BCUT2D eigenvalue weighted by molar-refractivity contribution is 5.33. The van der Waals surface area contributed by atoms with Crippen molar-refractivity contribution >= 4 is 5.95 Å². The number of hydrogen-bond donors (Lipinski definition) is 1. The van der Waals surface area contributed by atoms with Gasteiger partial charge in [-0.05, 0) is 26.8 Å². The van der Waals surface area contributed by atoms with Gasteiger partial charge < -0.3 is 10.6 Å². The van der Waals surface area contributed by atoms with Crippen molar-refractivity contribution in [2.24, 2.45) is 5.73 Å². The molecule has 0 bridgehead atoms. The van der Waals surface area contributed by atoms with Crippen molar-refractivity contribution in [2.75, 3.05) is 18.0 Å². The standard InChI is InChI=1S/C12H21N5/c1-9(2)16-7-10(3)17(11(13)8-16)12-14-5-4-6-15-12/h4-6,9-11H,7-8,13H2,1-3H3. The summed E-state index contributed by atoms with van der Waals surface area (Å²) in [5, 5.41) is 0. The maximum Gasteiger partial charge on any atom is 0.226 e. The minimum atomic E-state index is -0.0384. The van der Waals surface area contributed by atoms with Crippen LogP contribution in [0.4, 0.5) is 5.95 Å². The fraction of sp³-hybridized carbons (Fsp3) is 0.667. The van der Waals surface area contributed by atoms with Gasteiger partial charge in [0.2, 0.25) is 5.95 Å². The van der Waals surface area contributed by atoms with Crippen molar-refractivity contribution < 1.29 is 0 Å². The number of rotatable bonds is 2. The SMILES string of the molecule is CC(C)N1CC(C)N(c2ncccn2)C(N)C1. The van der Waals surface area contributed by atoms with E-state index in [1.54, 1.807) is 12.4 Å². The van der Waals surface area contributed by atoms with E-state index in [0.717, 1.165) is 19.0 Å². The van der Waals surface area contributed by atoms with Crippen LogP contribution in [0.1, 0.15) is 20.8 Å². The van der Waals surface area contributed by atoms with Crippen LogP contribution in [0.3, 0.4) is 0 Å². The second-order valence-corrected chi connectivity index (χ2v) is 4.92. The van der Waals surface area contributed by atoms with Gasteiger partial charge in [0.15, 0.2) is 0 Å². The van der Waals surface area contributed by atoms with Crippen molar-refractivity contribution in [3.05, 3.63) is 18.5 Å². The Bertz CT molecular complexity index is 341.